The number of ether oxygens (including phenoxy) is 2. The van der Waals surface area contributed by atoms with Crippen LogP contribution in [-0.4, -0.2) is 30.4 Å². The maximum absolute atomic E-state index is 11.1. The molecule has 0 aliphatic carbocycles. The lowest BCUT2D eigenvalue weighted by atomic mass is 10.1. The fourth-order valence-corrected chi connectivity index (χ4v) is 2.24. The second kappa shape index (κ2) is 5.68. The van der Waals surface area contributed by atoms with Crippen molar-refractivity contribution in [1.82, 2.24) is 0 Å². The van der Waals surface area contributed by atoms with Gasteiger partial charge in [0.05, 0.1) is 13.2 Å². The van der Waals surface area contributed by atoms with Crippen LogP contribution in [0.2, 0.25) is 0 Å². The van der Waals surface area contributed by atoms with Crippen molar-refractivity contribution in [3.8, 4) is 5.75 Å². The minimum absolute atomic E-state index is 0.0573. The van der Waals surface area contributed by atoms with Crippen LogP contribution in [-0.2, 0) is 4.74 Å². The summed E-state index contributed by atoms with van der Waals surface area (Å²) in [5, 5.41) is 9.11. The first kappa shape index (κ1) is 12.6. The van der Waals surface area contributed by atoms with Crippen LogP contribution in [0.1, 0.15) is 23.2 Å². The van der Waals surface area contributed by atoms with Crippen LogP contribution in [0.5, 0.6) is 5.75 Å². The molecule has 0 aromatic heterocycles. The zero-order valence-electron chi connectivity index (χ0n) is 9.19. The molecule has 4 nitrogen and oxygen atoms in total. The Hall–Kier alpha value is -0.820. The van der Waals surface area contributed by atoms with Crippen LogP contribution in [0, 0.1) is 3.57 Å². The topological polar surface area (TPSA) is 55.8 Å². The highest BCUT2D eigenvalue weighted by molar-refractivity contribution is 14.1. The summed E-state index contributed by atoms with van der Waals surface area (Å²) < 4.78 is 11.9. The molecule has 0 atom stereocenters. The van der Waals surface area contributed by atoms with Gasteiger partial charge in [0.2, 0.25) is 0 Å². The van der Waals surface area contributed by atoms with Crippen LogP contribution in [0.15, 0.2) is 18.2 Å². The normalized spacial score (nSPS) is 16.8. The first-order chi connectivity index (χ1) is 8.16. The molecule has 0 unspecified atom stereocenters. The monoisotopic (exact) mass is 348 g/mol. The summed E-state index contributed by atoms with van der Waals surface area (Å²) in [6.07, 6.45) is 1.68. The number of aromatic carboxylic acids is 1. The molecule has 1 aliphatic rings. The summed E-state index contributed by atoms with van der Waals surface area (Å²) >= 11 is 2.09. The summed E-state index contributed by atoms with van der Waals surface area (Å²) in [4.78, 5) is 11.1. The average Bonchev–Trinajstić information content (AvgIpc) is 2.32. The van der Waals surface area contributed by atoms with Gasteiger partial charge in [-0.05, 0) is 40.8 Å². The summed E-state index contributed by atoms with van der Waals surface area (Å²) in [5.41, 5.74) is 0.225. The van der Waals surface area contributed by atoms with Gasteiger partial charge in [0.25, 0.3) is 0 Å². The van der Waals surface area contributed by atoms with Crippen molar-refractivity contribution in [2.45, 2.75) is 18.9 Å². The van der Waals surface area contributed by atoms with Crippen LogP contribution < -0.4 is 4.74 Å². The van der Waals surface area contributed by atoms with Gasteiger partial charge < -0.3 is 14.6 Å². The first-order valence-corrected chi connectivity index (χ1v) is 6.52. The standard InChI is InChI=1S/C12H13IO4/c13-8-1-2-11(10(7-8)12(14)15)17-9-3-5-16-6-4-9/h1-2,7,9H,3-6H2,(H,14,15). The van der Waals surface area contributed by atoms with Crippen LogP contribution in [0.3, 0.4) is 0 Å². The molecule has 1 saturated heterocycles. The van der Waals surface area contributed by atoms with E-state index in [2.05, 4.69) is 22.6 Å². The lowest BCUT2D eigenvalue weighted by Crippen LogP contribution is -2.26. The van der Waals surface area contributed by atoms with E-state index in [4.69, 9.17) is 14.6 Å². The van der Waals surface area contributed by atoms with E-state index in [1.165, 1.54) is 0 Å². The molecule has 1 heterocycles. The first-order valence-electron chi connectivity index (χ1n) is 5.44. The van der Waals surface area contributed by atoms with Gasteiger partial charge in [-0.25, -0.2) is 4.79 Å². The molecule has 0 spiro atoms. The van der Waals surface area contributed by atoms with Gasteiger partial charge in [0.1, 0.15) is 17.4 Å². The van der Waals surface area contributed by atoms with E-state index in [9.17, 15) is 4.79 Å². The van der Waals surface area contributed by atoms with Gasteiger partial charge in [-0.2, -0.15) is 0 Å². The zero-order chi connectivity index (χ0) is 12.3. The molecule has 0 saturated carbocycles. The quantitative estimate of drug-likeness (QED) is 0.853. The smallest absolute Gasteiger partial charge is 0.339 e. The Labute approximate surface area is 113 Å². The third-order valence-electron chi connectivity index (χ3n) is 2.63. The van der Waals surface area contributed by atoms with Crippen molar-refractivity contribution in [3.05, 3.63) is 27.3 Å². The Morgan fingerprint density at radius 3 is 2.76 bits per heavy atom. The van der Waals surface area contributed by atoms with Crippen LogP contribution in [0.4, 0.5) is 0 Å². The number of carboxylic acid groups (broad SMARTS) is 1. The number of hydrogen-bond donors (Lipinski definition) is 1. The summed E-state index contributed by atoms with van der Waals surface area (Å²) in [7, 11) is 0. The third-order valence-corrected chi connectivity index (χ3v) is 3.30. The predicted molar refractivity (Wildman–Crippen MR) is 70.6 cm³/mol. The van der Waals surface area contributed by atoms with Gasteiger partial charge in [0, 0.05) is 16.4 Å². The van der Waals surface area contributed by atoms with Gasteiger partial charge in [-0.15, -0.1) is 0 Å². The minimum Gasteiger partial charge on any atom is -0.489 e. The molecular formula is C12H13IO4. The molecule has 92 valence electrons. The van der Waals surface area contributed by atoms with E-state index in [0.717, 1.165) is 16.4 Å². The Bertz CT molecular complexity index is 413. The van der Waals surface area contributed by atoms with E-state index < -0.39 is 5.97 Å². The second-order valence-corrected chi connectivity index (χ2v) is 5.12. The number of hydrogen-bond acceptors (Lipinski definition) is 3. The molecule has 2 rings (SSSR count). The van der Waals surface area contributed by atoms with E-state index >= 15 is 0 Å². The maximum atomic E-state index is 11.1. The van der Waals surface area contributed by atoms with Gasteiger partial charge >= 0.3 is 5.97 Å². The second-order valence-electron chi connectivity index (χ2n) is 3.88. The molecule has 5 heteroatoms. The Morgan fingerprint density at radius 2 is 2.12 bits per heavy atom. The minimum atomic E-state index is -0.953. The highest BCUT2D eigenvalue weighted by atomic mass is 127. The number of carboxylic acids is 1. The molecule has 1 aromatic rings. The zero-order valence-corrected chi connectivity index (χ0v) is 11.3. The van der Waals surface area contributed by atoms with Crippen molar-refractivity contribution in [3.63, 3.8) is 0 Å². The predicted octanol–water partition coefficient (Wildman–Crippen LogP) is 2.55. The Balaban J connectivity index is 2.16. The van der Waals surface area contributed by atoms with Gasteiger partial charge in [0.15, 0.2) is 0 Å². The molecule has 0 radical (unpaired) electrons. The molecule has 1 aromatic carbocycles. The summed E-state index contributed by atoms with van der Waals surface area (Å²) in [6.45, 7) is 1.36. The fourth-order valence-electron chi connectivity index (χ4n) is 1.75. The molecule has 1 fully saturated rings. The van der Waals surface area contributed by atoms with Gasteiger partial charge in [-0.1, -0.05) is 0 Å². The van der Waals surface area contributed by atoms with Gasteiger partial charge in [-0.3, -0.25) is 0 Å². The Morgan fingerprint density at radius 1 is 1.41 bits per heavy atom. The van der Waals surface area contributed by atoms with Crippen molar-refractivity contribution in [2.24, 2.45) is 0 Å². The van der Waals surface area contributed by atoms with E-state index in [-0.39, 0.29) is 11.7 Å². The number of rotatable bonds is 3. The summed E-state index contributed by atoms with van der Waals surface area (Å²) in [5.74, 6) is -0.504. The largest absolute Gasteiger partial charge is 0.489 e. The molecule has 17 heavy (non-hydrogen) atoms. The van der Waals surface area contributed by atoms with Crippen LogP contribution in [0.25, 0.3) is 0 Å². The average molecular weight is 348 g/mol. The molecular weight excluding hydrogens is 335 g/mol. The van der Waals surface area contributed by atoms with E-state index in [0.29, 0.717) is 19.0 Å². The SMILES string of the molecule is O=C(O)c1cc(I)ccc1OC1CCOCC1. The van der Waals surface area contributed by atoms with E-state index in [1.807, 2.05) is 6.07 Å². The fraction of sp³-hybridized carbons (Fsp3) is 0.417. The van der Waals surface area contributed by atoms with Crippen molar-refractivity contribution >= 4 is 28.6 Å². The van der Waals surface area contributed by atoms with Crippen molar-refractivity contribution in [2.75, 3.05) is 13.2 Å². The number of halogens is 1. The maximum Gasteiger partial charge on any atom is 0.339 e. The van der Waals surface area contributed by atoms with Crippen molar-refractivity contribution < 1.29 is 19.4 Å². The molecule has 1 aliphatic heterocycles. The number of carbonyl (C=O) groups is 1. The summed E-state index contributed by atoms with van der Waals surface area (Å²) in [6, 6.07) is 5.19. The lowest BCUT2D eigenvalue weighted by Gasteiger charge is -2.24. The Kier molecular flexibility index (Phi) is 4.22. The van der Waals surface area contributed by atoms with Crippen LogP contribution >= 0.6 is 22.6 Å². The molecule has 0 bridgehead atoms. The highest BCUT2D eigenvalue weighted by Gasteiger charge is 2.19. The highest BCUT2D eigenvalue weighted by Crippen LogP contribution is 2.24. The lowest BCUT2D eigenvalue weighted by molar-refractivity contribution is 0.0248. The van der Waals surface area contributed by atoms with E-state index in [1.54, 1.807) is 12.1 Å². The number of benzene rings is 1. The molecule has 1 N–H and O–H groups in total. The third kappa shape index (κ3) is 3.32. The molecule has 0 amide bonds. The van der Waals surface area contributed by atoms with Crippen molar-refractivity contribution in [1.29, 1.82) is 0 Å².